The van der Waals surface area contributed by atoms with E-state index in [1.54, 1.807) is 6.20 Å². The highest BCUT2D eigenvalue weighted by atomic mass is 16.5. The molecule has 19 heavy (non-hydrogen) atoms. The van der Waals surface area contributed by atoms with Crippen molar-refractivity contribution < 1.29 is 4.52 Å². The predicted octanol–water partition coefficient (Wildman–Crippen LogP) is 3.20. The normalized spacial score (nSPS) is 18.3. The summed E-state index contributed by atoms with van der Waals surface area (Å²) in [5, 5.41) is 7.46. The SMILES string of the molecule is CCCNC1CCc2cccc(-c3ccno3)c2C1. The fourth-order valence-electron chi connectivity index (χ4n) is 2.90. The molecule has 0 radical (unpaired) electrons. The third-order valence-electron chi connectivity index (χ3n) is 3.87. The van der Waals surface area contributed by atoms with Crippen LogP contribution in [0.15, 0.2) is 35.0 Å². The van der Waals surface area contributed by atoms with Gasteiger partial charge >= 0.3 is 0 Å². The van der Waals surface area contributed by atoms with Crippen molar-refractivity contribution in [2.24, 2.45) is 0 Å². The molecule has 0 bridgehead atoms. The van der Waals surface area contributed by atoms with Crippen molar-refractivity contribution in [3.63, 3.8) is 0 Å². The fourth-order valence-corrected chi connectivity index (χ4v) is 2.90. The maximum atomic E-state index is 5.33. The molecule has 0 spiro atoms. The molecule has 0 amide bonds. The molecular weight excluding hydrogens is 236 g/mol. The molecule has 1 N–H and O–H groups in total. The van der Waals surface area contributed by atoms with Crippen LogP contribution in [-0.4, -0.2) is 17.7 Å². The second-order valence-corrected chi connectivity index (χ2v) is 5.21. The van der Waals surface area contributed by atoms with E-state index >= 15 is 0 Å². The average molecular weight is 256 g/mol. The summed E-state index contributed by atoms with van der Waals surface area (Å²) in [5.74, 6) is 0.882. The van der Waals surface area contributed by atoms with E-state index in [1.807, 2.05) is 6.07 Å². The maximum absolute atomic E-state index is 5.33. The lowest BCUT2D eigenvalue weighted by Crippen LogP contribution is -2.35. The molecule has 1 heterocycles. The molecule has 1 atom stereocenters. The number of hydrogen-bond acceptors (Lipinski definition) is 3. The van der Waals surface area contributed by atoms with Crippen LogP contribution in [0.4, 0.5) is 0 Å². The van der Waals surface area contributed by atoms with E-state index in [2.05, 4.69) is 35.6 Å². The second kappa shape index (κ2) is 5.57. The Bertz CT molecular complexity index is 534. The molecule has 1 aromatic heterocycles. The van der Waals surface area contributed by atoms with Crippen LogP contribution in [0.5, 0.6) is 0 Å². The molecule has 1 unspecified atom stereocenters. The van der Waals surface area contributed by atoms with E-state index in [-0.39, 0.29) is 0 Å². The minimum atomic E-state index is 0.594. The Morgan fingerprint density at radius 2 is 2.32 bits per heavy atom. The van der Waals surface area contributed by atoms with Crippen molar-refractivity contribution in [2.75, 3.05) is 6.54 Å². The van der Waals surface area contributed by atoms with Crippen LogP contribution < -0.4 is 5.32 Å². The van der Waals surface area contributed by atoms with Gasteiger partial charge in [0.1, 0.15) is 0 Å². The number of aryl methyl sites for hydroxylation is 1. The van der Waals surface area contributed by atoms with Crippen molar-refractivity contribution in [3.8, 4) is 11.3 Å². The Labute approximate surface area is 114 Å². The summed E-state index contributed by atoms with van der Waals surface area (Å²) in [4.78, 5) is 0. The van der Waals surface area contributed by atoms with Crippen LogP contribution in [-0.2, 0) is 12.8 Å². The van der Waals surface area contributed by atoms with Crippen LogP contribution in [0.25, 0.3) is 11.3 Å². The third kappa shape index (κ3) is 2.56. The topological polar surface area (TPSA) is 38.1 Å². The third-order valence-corrected chi connectivity index (χ3v) is 3.87. The first kappa shape index (κ1) is 12.4. The quantitative estimate of drug-likeness (QED) is 0.913. The van der Waals surface area contributed by atoms with E-state index in [0.717, 1.165) is 25.1 Å². The van der Waals surface area contributed by atoms with Gasteiger partial charge in [-0.05, 0) is 43.4 Å². The average Bonchev–Trinajstić information content (AvgIpc) is 2.98. The lowest BCUT2D eigenvalue weighted by molar-refractivity contribution is 0.429. The summed E-state index contributed by atoms with van der Waals surface area (Å²) < 4.78 is 5.33. The molecule has 0 aliphatic heterocycles. The van der Waals surface area contributed by atoms with E-state index < -0.39 is 0 Å². The highest BCUT2D eigenvalue weighted by molar-refractivity contribution is 5.64. The summed E-state index contributed by atoms with van der Waals surface area (Å²) in [6.45, 7) is 3.31. The first-order valence-corrected chi connectivity index (χ1v) is 7.13. The Morgan fingerprint density at radius 3 is 3.11 bits per heavy atom. The van der Waals surface area contributed by atoms with Gasteiger partial charge in [-0.25, -0.2) is 0 Å². The van der Waals surface area contributed by atoms with Crippen LogP contribution >= 0.6 is 0 Å². The fraction of sp³-hybridized carbons (Fsp3) is 0.438. The van der Waals surface area contributed by atoms with E-state index in [4.69, 9.17) is 4.52 Å². The number of aromatic nitrogens is 1. The number of fused-ring (bicyclic) bond motifs is 1. The van der Waals surface area contributed by atoms with Crippen molar-refractivity contribution in [1.29, 1.82) is 0 Å². The van der Waals surface area contributed by atoms with Gasteiger partial charge in [-0.3, -0.25) is 0 Å². The molecule has 1 aliphatic carbocycles. The van der Waals surface area contributed by atoms with Gasteiger partial charge in [-0.2, -0.15) is 0 Å². The molecule has 3 rings (SSSR count). The number of nitrogens with zero attached hydrogens (tertiary/aromatic N) is 1. The van der Waals surface area contributed by atoms with Gasteiger partial charge in [0, 0.05) is 17.7 Å². The highest BCUT2D eigenvalue weighted by Gasteiger charge is 2.21. The monoisotopic (exact) mass is 256 g/mol. The van der Waals surface area contributed by atoms with Gasteiger partial charge in [0.25, 0.3) is 0 Å². The minimum absolute atomic E-state index is 0.594. The van der Waals surface area contributed by atoms with Crippen molar-refractivity contribution in [3.05, 3.63) is 41.6 Å². The minimum Gasteiger partial charge on any atom is -0.356 e. The Morgan fingerprint density at radius 1 is 1.37 bits per heavy atom. The van der Waals surface area contributed by atoms with Gasteiger partial charge in [0.05, 0.1) is 6.20 Å². The number of rotatable bonds is 4. The molecule has 1 aromatic carbocycles. The Kier molecular flexibility index (Phi) is 3.65. The van der Waals surface area contributed by atoms with Gasteiger partial charge in [0.2, 0.25) is 0 Å². The van der Waals surface area contributed by atoms with Crippen molar-refractivity contribution in [2.45, 2.75) is 38.6 Å². The van der Waals surface area contributed by atoms with Crippen LogP contribution in [0.2, 0.25) is 0 Å². The number of nitrogens with one attached hydrogen (secondary N) is 1. The van der Waals surface area contributed by atoms with Crippen LogP contribution in [0, 0.1) is 0 Å². The smallest absolute Gasteiger partial charge is 0.167 e. The largest absolute Gasteiger partial charge is 0.356 e. The number of benzene rings is 1. The summed E-state index contributed by atoms with van der Waals surface area (Å²) in [6.07, 6.45) is 6.37. The van der Waals surface area contributed by atoms with Crippen molar-refractivity contribution in [1.82, 2.24) is 10.5 Å². The summed E-state index contributed by atoms with van der Waals surface area (Å²) in [5.41, 5.74) is 4.10. The molecule has 3 nitrogen and oxygen atoms in total. The zero-order valence-corrected chi connectivity index (χ0v) is 11.4. The Hall–Kier alpha value is -1.61. The van der Waals surface area contributed by atoms with Gasteiger partial charge in [-0.15, -0.1) is 0 Å². The van der Waals surface area contributed by atoms with Gasteiger partial charge in [0.15, 0.2) is 5.76 Å². The summed E-state index contributed by atoms with van der Waals surface area (Å²) >= 11 is 0. The summed E-state index contributed by atoms with van der Waals surface area (Å²) in [6, 6.07) is 9.04. The molecule has 0 saturated heterocycles. The van der Waals surface area contributed by atoms with Gasteiger partial charge < -0.3 is 9.84 Å². The van der Waals surface area contributed by atoms with Crippen LogP contribution in [0.3, 0.4) is 0 Å². The predicted molar refractivity (Wildman–Crippen MR) is 76.0 cm³/mol. The van der Waals surface area contributed by atoms with Gasteiger partial charge in [-0.1, -0.05) is 30.3 Å². The molecular formula is C16H20N2O. The lowest BCUT2D eigenvalue weighted by atomic mass is 9.84. The molecule has 0 fully saturated rings. The first-order valence-electron chi connectivity index (χ1n) is 7.13. The standard InChI is InChI=1S/C16H20N2O/c1-2-9-17-13-7-6-12-4-3-5-14(15(12)11-13)16-8-10-18-19-16/h3-5,8,10,13,17H,2,6-7,9,11H2,1H3. The zero-order chi connectivity index (χ0) is 13.1. The number of hydrogen-bond donors (Lipinski definition) is 1. The lowest BCUT2D eigenvalue weighted by Gasteiger charge is -2.27. The molecule has 100 valence electrons. The molecule has 1 aliphatic rings. The zero-order valence-electron chi connectivity index (χ0n) is 11.4. The highest BCUT2D eigenvalue weighted by Crippen LogP contribution is 2.31. The molecule has 2 aromatic rings. The first-order chi connectivity index (χ1) is 9.38. The molecule has 0 saturated carbocycles. The van der Waals surface area contributed by atoms with Crippen molar-refractivity contribution >= 4 is 0 Å². The van der Waals surface area contributed by atoms with E-state index in [0.29, 0.717) is 6.04 Å². The second-order valence-electron chi connectivity index (χ2n) is 5.21. The van der Waals surface area contributed by atoms with Crippen LogP contribution in [0.1, 0.15) is 30.9 Å². The Balaban J connectivity index is 1.89. The van der Waals surface area contributed by atoms with E-state index in [1.165, 1.54) is 29.5 Å². The molecule has 3 heteroatoms. The van der Waals surface area contributed by atoms with E-state index in [9.17, 15) is 0 Å². The summed E-state index contributed by atoms with van der Waals surface area (Å²) in [7, 11) is 0. The maximum Gasteiger partial charge on any atom is 0.167 e.